The van der Waals surface area contributed by atoms with Crippen LogP contribution >= 0.6 is 11.8 Å². The minimum absolute atomic E-state index is 0.419. The van der Waals surface area contributed by atoms with Crippen LogP contribution in [0.2, 0.25) is 0 Å². The first-order valence-electron chi connectivity index (χ1n) is 7.15. The van der Waals surface area contributed by atoms with Crippen molar-refractivity contribution in [2.24, 2.45) is 0 Å². The van der Waals surface area contributed by atoms with Gasteiger partial charge in [-0.1, -0.05) is 31.5 Å². The van der Waals surface area contributed by atoms with Crippen molar-refractivity contribution in [3.8, 4) is 0 Å². The number of benzene rings is 1. The first-order valence-corrected chi connectivity index (χ1v) is 8.13. The van der Waals surface area contributed by atoms with Gasteiger partial charge in [-0.25, -0.2) is 0 Å². The van der Waals surface area contributed by atoms with E-state index in [2.05, 4.69) is 60.9 Å². The Kier molecular flexibility index (Phi) is 4.80. The third kappa shape index (κ3) is 3.90. The van der Waals surface area contributed by atoms with Crippen LogP contribution in [0.4, 0.5) is 5.69 Å². The molecular formula is C16H26N2S. The Hall–Kier alpha value is -0.670. The van der Waals surface area contributed by atoms with Crippen molar-refractivity contribution < 1.29 is 0 Å². The highest BCUT2D eigenvalue weighted by Crippen LogP contribution is 2.33. The highest BCUT2D eigenvalue weighted by atomic mass is 32.2. The highest BCUT2D eigenvalue weighted by Gasteiger charge is 2.24. The summed E-state index contributed by atoms with van der Waals surface area (Å²) in [5, 5.41) is 3.29. The molecule has 0 radical (unpaired) electrons. The molecule has 2 rings (SSSR count). The van der Waals surface area contributed by atoms with E-state index in [4.69, 9.17) is 0 Å². The predicted octanol–water partition coefficient (Wildman–Crippen LogP) is 3.44. The molecule has 1 aliphatic rings. The van der Waals surface area contributed by atoms with Gasteiger partial charge < -0.3 is 10.2 Å². The third-order valence-electron chi connectivity index (χ3n) is 3.78. The van der Waals surface area contributed by atoms with Gasteiger partial charge in [-0.2, -0.15) is 11.8 Å². The molecule has 106 valence electrons. The molecule has 1 aromatic rings. The van der Waals surface area contributed by atoms with Crippen LogP contribution in [0.1, 0.15) is 31.4 Å². The number of hydrogen-bond acceptors (Lipinski definition) is 3. The summed E-state index contributed by atoms with van der Waals surface area (Å²) in [6.07, 6.45) is 1.25. The van der Waals surface area contributed by atoms with E-state index in [0.29, 0.717) is 4.75 Å². The van der Waals surface area contributed by atoms with Gasteiger partial charge in [0.2, 0.25) is 0 Å². The van der Waals surface area contributed by atoms with Crippen molar-refractivity contribution in [1.29, 1.82) is 0 Å². The Morgan fingerprint density at radius 3 is 2.84 bits per heavy atom. The molecule has 19 heavy (non-hydrogen) atoms. The fraction of sp³-hybridized carbons (Fsp3) is 0.625. The SMILES string of the molecule is CNCc1cc(C)ccc1N1CCSC(C)(C)CC1. The van der Waals surface area contributed by atoms with Crippen LogP contribution in [-0.4, -0.2) is 30.6 Å². The number of hydrogen-bond donors (Lipinski definition) is 1. The Morgan fingerprint density at radius 2 is 2.11 bits per heavy atom. The van der Waals surface area contributed by atoms with Crippen LogP contribution in [0, 0.1) is 6.92 Å². The number of aryl methyl sites for hydroxylation is 1. The minimum Gasteiger partial charge on any atom is -0.370 e. The highest BCUT2D eigenvalue weighted by molar-refractivity contribution is 8.00. The number of nitrogens with zero attached hydrogens (tertiary/aromatic N) is 1. The van der Waals surface area contributed by atoms with E-state index in [-0.39, 0.29) is 0 Å². The molecule has 0 unspecified atom stereocenters. The summed E-state index contributed by atoms with van der Waals surface area (Å²) in [5.74, 6) is 1.22. The van der Waals surface area contributed by atoms with Gasteiger partial charge >= 0.3 is 0 Å². The second-order valence-electron chi connectivity index (χ2n) is 6.01. The molecule has 0 spiro atoms. The van der Waals surface area contributed by atoms with Crippen LogP contribution in [-0.2, 0) is 6.54 Å². The molecule has 0 aromatic heterocycles. The zero-order chi connectivity index (χ0) is 13.9. The molecule has 2 nitrogen and oxygen atoms in total. The van der Waals surface area contributed by atoms with E-state index in [1.165, 1.54) is 35.5 Å². The van der Waals surface area contributed by atoms with Crippen molar-refractivity contribution in [3.05, 3.63) is 29.3 Å². The third-order valence-corrected chi connectivity index (χ3v) is 5.15. The maximum absolute atomic E-state index is 3.29. The van der Waals surface area contributed by atoms with E-state index in [0.717, 1.165) is 13.1 Å². The second kappa shape index (κ2) is 6.19. The molecule has 1 saturated heterocycles. The standard InChI is InChI=1S/C16H26N2S/c1-13-5-6-15(14(11-13)12-17-4)18-8-7-16(2,3)19-10-9-18/h5-6,11,17H,7-10,12H2,1-4H3. The molecule has 0 amide bonds. The Bertz CT molecular complexity index is 429. The monoisotopic (exact) mass is 278 g/mol. The Labute approximate surface area is 122 Å². The van der Waals surface area contributed by atoms with Crippen LogP contribution in [0.3, 0.4) is 0 Å². The summed E-state index contributed by atoms with van der Waals surface area (Å²) in [6.45, 7) is 10.2. The lowest BCUT2D eigenvalue weighted by Crippen LogP contribution is -2.28. The number of thioether (sulfide) groups is 1. The van der Waals surface area contributed by atoms with E-state index in [9.17, 15) is 0 Å². The largest absolute Gasteiger partial charge is 0.370 e. The summed E-state index contributed by atoms with van der Waals surface area (Å²) in [6, 6.07) is 6.84. The summed E-state index contributed by atoms with van der Waals surface area (Å²) in [5.41, 5.74) is 4.18. The van der Waals surface area contributed by atoms with Gasteiger partial charge in [0.1, 0.15) is 0 Å². The van der Waals surface area contributed by atoms with Gasteiger partial charge in [0, 0.05) is 35.8 Å². The fourth-order valence-electron chi connectivity index (χ4n) is 2.62. The first kappa shape index (κ1) is 14.7. The Morgan fingerprint density at radius 1 is 1.32 bits per heavy atom. The van der Waals surface area contributed by atoms with E-state index >= 15 is 0 Å². The lowest BCUT2D eigenvalue weighted by Gasteiger charge is -2.26. The van der Waals surface area contributed by atoms with Crippen LogP contribution in [0.15, 0.2) is 18.2 Å². The predicted molar refractivity (Wildman–Crippen MR) is 87.3 cm³/mol. The topological polar surface area (TPSA) is 15.3 Å². The quantitative estimate of drug-likeness (QED) is 0.912. The van der Waals surface area contributed by atoms with Crippen LogP contribution in [0.5, 0.6) is 0 Å². The summed E-state index contributed by atoms with van der Waals surface area (Å²) < 4.78 is 0.419. The van der Waals surface area contributed by atoms with Crippen LogP contribution in [0.25, 0.3) is 0 Å². The van der Waals surface area contributed by atoms with E-state index < -0.39 is 0 Å². The van der Waals surface area contributed by atoms with Gasteiger partial charge in [-0.05, 0) is 32.0 Å². The van der Waals surface area contributed by atoms with Gasteiger partial charge in [0.25, 0.3) is 0 Å². The zero-order valence-corrected chi connectivity index (χ0v) is 13.4. The normalized spacial score (nSPS) is 19.3. The maximum Gasteiger partial charge on any atom is 0.0412 e. The zero-order valence-electron chi connectivity index (χ0n) is 12.6. The molecule has 0 bridgehead atoms. The lowest BCUT2D eigenvalue weighted by atomic mass is 10.1. The molecule has 0 aliphatic carbocycles. The smallest absolute Gasteiger partial charge is 0.0412 e. The molecule has 0 saturated carbocycles. The van der Waals surface area contributed by atoms with Crippen molar-refractivity contribution >= 4 is 17.4 Å². The Balaban J connectivity index is 2.21. The average molecular weight is 278 g/mol. The van der Waals surface area contributed by atoms with Crippen molar-refractivity contribution in [3.63, 3.8) is 0 Å². The molecule has 1 aromatic carbocycles. The van der Waals surface area contributed by atoms with Crippen molar-refractivity contribution in [2.75, 3.05) is 30.8 Å². The second-order valence-corrected chi connectivity index (χ2v) is 7.81. The molecule has 0 atom stereocenters. The summed E-state index contributed by atoms with van der Waals surface area (Å²) in [7, 11) is 2.02. The van der Waals surface area contributed by atoms with Gasteiger partial charge in [0.15, 0.2) is 0 Å². The molecule has 1 fully saturated rings. The minimum atomic E-state index is 0.419. The number of anilines is 1. The molecule has 1 heterocycles. The van der Waals surface area contributed by atoms with E-state index in [1.807, 2.05) is 7.05 Å². The van der Waals surface area contributed by atoms with E-state index in [1.54, 1.807) is 0 Å². The average Bonchev–Trinajstić information content (AvgIpc) is 2.51. The molecule has 3 heteroatoms. The maximum atomic E-state index is 3.29. The number of rotatable bonds is 3. The van der Waals surface area contributed by atoms with Crippen molar-refractivity contribution in [1.82, 2.24) is 5.32 Å². The fourth-order valence-corrected chi connectivity index (χ4v) is 3.72. The summed E-state index contributed by atoms with van der Waals surface area (Å²) >= 11 is 2.10. The molecular weight excluding hydrogens is 252 g/mol. The van der Waals surface area contributed by atoms with Crippen molar-refractivity contribution in [2.45, 2.75) is 38.5 Å². The first-order chi connectivity index (χ1) is 9.02. The lowest BCUT2D eigenvalue weighted by molar-refractivity contribution is 0.636. The van der Waals surface area contributed by atoms with Gasteiger partial charge in [-0.3, -0.25) is 0 Å². The van der Waals surface area contributed by atoms with Gasteiger partial charge in [-0.15, -0.1) is 0 Å². The molecule has 1 aliphatic heterocycles. The molecule has 1 N–H and O–H groups in total. The van der Waals surface area contributed by atoms with Gasteiger partial charge in [0.05, 0.1) is 0 Å². The number of nitrogens with one attached hydrogen (secondary N) is 1. The summed E-state index contributed by atoms with van der Waals surface area (Å²) in [4.78, 5) is 2.56. The van der Waals surface area contributed by atoms with Crippen LogP contribution < -0.4 is 10.2 Å².